The molecule has 1 rings (SSSR count). The summed E-state index contributed by atoms with van der Waals surface area (Å²) in [5.41, 5.74) is 0. The lowest BCUT2D eigenvalue weighted by molar-refractivity contribution is -0.737. The minimum absolute atomic E-state index is 0.0508. The van der Waals surface area contributed by atoms with Gasteiger partial charge in [-0.15, -0.1) is 0 Å². The molecule has 0 aliphatic heterocycles. The van der Waals surface area contributed by atoms with Crippen LogP contribution in [0.15, 0.2) is 16.5 Å². The number of rotatable bonds is 2. The number of ketones is 1. The highest BCUT2D eigenvalue weighted by Crippen LogP contribution is 2.14. The van der Waals surface area contributed by atoms with Crippen LogP contribution in [-0.2, 0) is 0 Å². The zero-order valence-electron chi connectivity index (χ0n) is 5.77. The van der Waals surface area contributed by atoms with Crippen molar-refractivity contribution in [2.45, 2.75) is 6.92 Å². The van der Waals surface area contributed by atoms with Crippen LogP contribution in [0.25, 0.3) is 0 Å². The van der Waals surface area contributed by atoms with E-state index in [0.717, 1.165) is 0 Å². The first-order valence-electron chi connectivity index (χ1n) is 2.88. The first-order chi connectivity index (χ1) is 5.11. The van der Waals surface area contributed by atoms with Gasteiger partial charge in [0.2, 0.25) is 0 Å². The Balaban J connectivity index is 2.99. The number of furan rings is 1. The van der Waals surface area contributed by atoms with Crippen molar-refractivity contribution in [3.05, 3.63) is 22.8 Å². The molecule has 1 aromatic rings. The molecule has 0 unspecified atom stereocenters. The van der Waals surface area contributed by atoms with E-state index < -0.39 is 4.92 Å². The molecule has 0 aliphatic rings. The van der Waals surface area contributed by atoms with E-state index in [9.17, 15) is 9.70 Å². The highest BCUT2D eigenvalue weighted by molar-refractivity contribution is 5.91. The van der Waals surface area contributed by atoms with Crippen LogP contribution in [-0.4, -0.2) is 15.9 Å². The lowest BCUT2D eigenvalue weighted by Crippen LogP contribution is -1.89. The Hall–Kier alpha value is -1.65. The smallest absolute Gasteiger partial charge is 0.395 e. The number of carbonyl (C=O) groups excluding carboxylic acids is 1. The van der Waals surface area contributed by atoms with Crippen molar-refractivity contribution >= 4 is 11.7 Å². The van der Waals surface area contributed by atoms with E-state index in [1.807, 2.05) is 0 Å². The van der Waals surface area contributed by atoms with Gasteiger partial charge in [0.1, 0.15) is 0 Å². The van der Waals surface area contributed by atoms with Crippen LogP contribution in [0, 0.1) is 4.91 Å². The predicted molar refractivity (Wildman–Crippen MR) is 33.8 cm³/mol. The van der Waals surface area contributed by atoms with Gasteiger partial charge in [0.25, 0.3) is 4.92 Å². The van der Waals surface area contributed by atoms with E-state index in [2.05, 4.69) is 4.42 Å². The molecule has 5 nitrogen and oxygen atoms in total. The zero-order valence-corrected chi connectivity index (χ0v) is 5.77. The summed E-state index contributed by atoms with van der Waals surface area (Å²) in [5, 5.41) is 8.29. The maximum Gasteiger partial charge on any atom is 0.480 e. The summed E-state index contributed by atoms with van der Waals surface area (Å²) >= 11 is 0. The number of nitrogens with zero attached hydrogens (tertiary/aromatic N) is 1. The molecule has 5 heteroatoms. The Morgan fingerprint density at radius 3 is 2.55 bits per heavy atom. The molecule has 0 aliphatic carbocycles. The Morgan fingerprint density at radius 1 is 1.64 bits per heavy atom. The van der Waals surface area contributed by atoms with Crippen LogP contribution in [0.4, 0.5) is 5.88 Å². The van der Waals surface area contributed by atoms with Crippen molar-refractivity contribution in [3.63, 3.8) is 0 Å². The average Bonchev–Trinajstić information content (AvgIpc) is 2.33. The van der Waals surface area contributed by atoms with E-state index >= 15 is 0 Å². The highest BCUT2D eigenvalue weighted by atomic mass is 16.6. The largest absolute Gasteiger partial charge is 0.480 e. The highest BCUT2D eigenvalue weighted by Gasteiger charge is 2.18. The quantitative estimate of drug-likeness (QED) is 0.517. The summed E-state index contributed by atoms with van der Waals surface area (Å²) in [6.07, 6.45) is 0. The number of carbonyl (C=O) groups is 1. The van der Waals surface area contributed by atoms with Crippen molar-refractivity contribution in [1.82, 2.24) is 0 Å². The summed E-state index contributed by atoms with van der Waals surface area (Å²) in [6, 6.07) is 2.53. The molecule has 11 heavy (non-hydrogen) atoms. The Kier molecular flexibility index (Phi) is 1.72. The molecule has 58 valence electrons. The van der Waals surface area contributed by atoms with Crippen LogP contribution in [0.1, 0.15) is 17.5 Å². The van der Waals surface area contributed by atoms with Gasteiger partial charge in [0, 0.05) is 6.92 Å². The third-order valence-corrected chi connectivity index (χ3v) is 1.13. The predicted octanol–water partition coefficient (Wildman–Crippen LogP) is 1.28. The standard InChI is InChI=1S/C6H6NO4/c1-4(8)5-2-3-6(11-5)7(9)10/h2-3H,1H3,(H,9,10)/q+1. The SMILES string of the molecule is CC(=O)c1ccc([N+](=O)O)o1. The first-order valence-corrected chi connectivity index (χ1v) is 2.88. The van der Waals surface area contributed by atoms with Gasteiger partial charge in [-0.3, -0.25) is 4.79 Å². The molecule has 0 saturated carbocycles. The molecule has 1 aromatic heterocycles. The van der Waals surface area contributed by atoms with Crippen molar-refractivity contribution in [2.75, 3.05) is 0 Å². The van der Waals surface area contributed by atoms with Crippen LogP contribution in [0.2, 0.25) is 0 Å². The molecular formula is C6H6NO4+. The summed E-state index contributed by atoms with van der Waals surface area (Å²) in [4.78, 5) is 20.3. The van der Waals surface area contributed by atoms with E-state index in [1.54, 1.807) is 0 Å². The molecule has 0 aromatic carbocycles. The fourth-order valence-electron chi connectivity index (χ4n) is 0.620. The Bertz CT molecular complexity index is 273. The van der Waals surface area contributed by atoms with Crippen LogP contribution < -0.4 is 0 Å². The topological polar surface area (TPSA) is 70.5 Å². The molecule has 0 fully saturated rings. The van der Waals surface area contributed by atoms with Gasteiger partial charge < -0.3 is 4.42 Å². The molecular weight excluding hydrogens is 150 g/mol. The fourth-order valence-corrected chi connectivity index (χ4v) is 0.620. The minimum atomic E-state index is -0.438. The van der Waals surface area contributed by atoms with E-state index in [4.69, 9.17) is 5.21 Å². The average molecular weight is 156 g/mol. The van der Waals surface area contributed by atoms with Gasteiger partial charge in [0.05, 0.1) is 11.0 Å². The van der Waals surface area contributed by atoms with Gasteiger partial charge in [-0.05, 0) is 6.07 Å². The third kappa shape index (κ3) is 1.43. The van der Waals surface area contributed by atoms with E-state index in [-0.39, 0.29) is 17.4 Å². The van der Waals surface area contributed by atoms with Crippen LogP contribution in [0.5, 0.6) is 0 Å². The second-order valence-electron chi connectivity index (χ2n) is 1.97. The fraction of sp³-hybridized carbons (Fsp3) is 0.167. The van der Waals surface area contributed by atoms with Crippen molar-refractivity contribution < 1.29 is 19.3 Å². The molecule has 0 amide bonds. The van der Waals surface area contributed by atoms with Crippen LogP contribution >= 0.6 is 0 Å². The van der Waals surface area contributed by atoms with Gasteiger partial charge in [0.15, 0.2) is 11.5 Å². The summed E-state index contributed by atoms with van der Waals surface area (Å²) < 4.78 is 4.62. The molecule has 0 bridgehead atoms. The minimum Gasteiger partial charge on any atom is -0.395 e. The van der Waals surface area contributed by atoms with Gasteiger partial charge in [-0.25, -0.2) is 5.21 Å². The second-order valence-corrected chi connectivity index (χ2v) is 1.97. The monoisotopic (exact) mass is 156 g/mol. The number of Topliss-reactive ketones (excluding diaryl/α,β-unsaturated/α-hetero) is 1. The first kappa shape index (κ1) is 7.46. The lowest BCUT2D eigenvalue weighted by Gasteiger charge is -1.80. The maximum absolute atomic E-state index is 10.6. The van der Waals surface area contributed by atoms with E-state index in [1.165, 1.54) is 19.1 Å². The van der Waals surface area contributed by atoms with Crippen molar-refractivity contribution in [2.24, 2.45) is 0 Å². The Morgan fingerprint density at radius 2 is 2.27 bits per heavy atom. The summed E-state index contributed by atoms with van der Waals surface area (Å²) in [7, 11) is 0. The van der Waals surface area contributed by atoms with E-state index in [0.29, 0.717) is 0 Å². The van der Waals surface area contributed by atoms with Gasteiger partial charge in [-0.2, -0.15) is 0 Å². The molecule has 0 spiro atoms. The summed E-state index contributed by atoms with van der Waals surface area (Å²) in [5.74, 6) is -0.539. The van der Waals surface area contributed by atoms with Gasteiger partial charge in [-0.1, -0.05) is 0 Å². The number of hydrogen-bond acceptors (Lipinski definition) is 3. The van der Waals surface area contributed by atoms with Crippen molar-refractivity contribution in [3.8, 4) is 0 Å². The normalized spacial score (nSPS) is 9.55. The molecule has 0 atom stereocenters. The molecule has 1 N–H and O–H groups in total. The Labute approximate surface area is 61.8 Å². The molecule has 1 heterocycles. The summed E-state index contributed by atoms with van der Waals surface area (Å²) in [6.45, 7) is 1.30. The second kappa shape index (κ2) is 2.53. The van der Waals surface area contributed by atoms with Gasteiger partial charge >= 0.3 is 5.88 Å². The third-order valence-electron chi connectivity index (χ3n) is 1.13. The maximum atomic E-state index is 10.6. The number of hydrogen-bond donors (Lipinski definition) is 1. The van der Waals surface area contributed by atoms with Crippen LogP contribution in [0.3, 0.4) is 0 Å². The molecule has 0 saturated heterocycles. The molecule has 0 radical (unpaired) electrons. The lowest BCUT2D eigenvalue weighted by atomic mass is 10.3. The zero-order chi connectivity index (χ0) is 8.43. The van der Waals surface area contributed by atoms with Crippen molar-refractivity contribution in [1.29, 1.82) is 0 Å².